The number of benzene rings is 1. The quantitative estimate of drug-likeness (QED) is 0.893. The SMILES string of the molecule is CC(C)C(O)CN1CCC(Cc2nc3ccccc3[nH]2)CC1. The molecule has 3 rings (SSSR count). The Balaban J connectivity index is 1.51. The van der Waals surface area contributed by atoms with Crippen LogP contribution in [0.4, 0.5) is 0 Å². The monoisotopic (exact) mass is 301 g/mol. The lowest BCUT2D eigenvalue weighted by molar-refractivity contribution is 0.0603. The number of piperidine rings is 1. The predicted molar refractivity (Wildman–Crippen MR) is 89.8 cm³/mol. The molecule has 1 aliphatic heterocycles. The molecule has 1 fully saturated rings. The van der Waals surface area contributed by atoms with E-state index in [-0.39, 0.29) is 6.10 Å². The fourth-order valence-electron chi connectivity index (χ4n) is 3.22. The summed E-state index contributed by atoms with van der Waals surface area (Å²) < 4.78 is 0. The number of β-amino-alcohol motifs (C(OH)–C–C–N with tert-alkyl or cyclic N) is 1. The van der Waals surface area contributed by atoms with Gasteiger partial charge in [0, 0.05) is 13.0 Å². The van der Waals surface area contributed by atoms with Gasteiger partial charge in [-0.05, 0) is 49.9 Å². The van der Waals surface area contributed by atoms with Crippen molar-refractivity contribution in [3.05, 3.63) is 30.1 Å². The van der Waals surface area contributed by atoms with Crippen LogP contribution in [0.3, 0.4) is 0 Å². The van der Waals surface area contributed by atoms with Crippen LogP contribution in [0.15, 0.2) is 24.3 Å². The molecular weight excluding hydrogens is 274 g/mol. The zero-order valence-corrected chi connectivity index (χ0v) is 13.6. The third kappa shape index (κ3) is 3.68. The van der Waals surface area contributed by atoms with E-state index in [1.807, 2.05) is 12.1 Å². The largest absolute Gasteiger partial charge is 0.392 e. The van der Waals surface area contributed by atoms with Crippen LogP contribution in [-0.4, -0.2) is 45.7 Å². The molecule has 2 heterocycles. The summed E-state index contributed by atoms with van der Waals surface area (Å²) >= 11 is 0. The Morgan fingerprint density at radius 1 is 1.27 bits per heavy atom. The first kappa shape index (κ1) is 15.5. The van der Waals surface area contributed by atoms with Gasteiger partial charge in [0.1, 0.15) is 5.82 Å². The standard InChI is InChI=1S/C18H27N3O/c1-13(2)17(22)12-21-9-7-14(8-10-21)11-18-19-15-5-3-4-6-16(15)20-18/h3-6,13-14,17,22H,7-12H2,1-2H3,(H,19,20). The van der Waals surface area contributed by atoms with E-state index in [0.717, 1.165) is 42.9 Å². The zero-order valence-electron chi connectivity index (χ0n) is 13.6. The number of hydrogen-bond donors (Lipinski definition) is 2. The Labute approximate surface area is 132 Å². The Morgan fingerprint density at radius 2 is 2.00 bits per heavy atom. The molecule has 1 aromatic heterocycles. The van der Waals surface area contributed by atoms with Crippen LogP contribution in [0, 0.1) is 11.8 Å². The van der Waals surface area contributed by atoms with Gasteiger partial charge in [-0.25, -0.2) is 4.98 Å². The van der Waals surface area contributed by atoms with E-state index in [2.05, 4.69) is 40.8 Å². The van der Waals surface area contributed by atoms with Crippen LogP contribution in [0.1, 0.15) is 32.5 Å². The molecule has 4 nitrogen and oxygen atoms in total. The molecule has 0 radical (unpaired) electrons. The highest BCUT2D eigenvalue weighted by atomic mass is 16.3. The van der Waals surface area contributed by atoms with Crippen molar-refractivity contribution in [2.45, 2.75) is 39.2 Å². The number of nitrogens with one attached hydrogen (secondary N) is 1. The molecule has 2 aromatic rings. The van der Waals surface area contributed by atoms with Gasteiger partial charge < -0.3 is 15.0 Å². The maximum atomic E-state index is 10.0. The van der Waals surface area contributed by atoms with Crippen molar-refractivity contribution >= 4 is 11.0 Å². The molecule has 1 unspecified atom stereocenters. The number of aromatic amines is 1. The number of hydrogen-bond acceptors (Lipinski definition) is 3. The fourth-order valence-corrected chi connectivity index (χ4v) is 3.22. The minimum absolute atomic E-state index is 0.202. The molecular formula is C18H27N3O. The Hall–Kier alpha value is -1.39. The normalized spacial score (nSPS) is 19.1. The average Bonchev–Trinajstić information content (AvgIpc) is 2.91. The molecule has 0 aliphatic carbocycles. The second kappa shape index (κ2) is 6.80. The molecule has 2 N–H and O–H groups in total. The average molecular weight is 301 g/mol. The molecule has 0 saturated carbocycles. The van der Waals surface area contributed by atoms with Crippen molar-refractivity contribution < 1.29 is 5.11 Å². The predicted octanol–water partition coefficient (Wildman–Crippen LogP) is 2.83. The minimum Gasteiger partial charge on any atom is -0.392 e. The minimum atomic E-state index is -0.202. The van der Waals surface area contributed by atoms with E-state index in [4.69, 9.17) is 0 Å². The highest BCUT2D eigenvalue weighted by Crippen LogP contribution is 2.22. The second-order valence-electron chi connectivity index (χ2n) is 6.96. The lowest BCUT2D eigenvalue weighted by Gasteiger charge is -2.33. The number of rotatable bonds is 5. The number of aliphatic hydroxyl groups is 1. The van der Waals surface area contributed by atoms with Crippen molar-refractivity contribution in [3.63, 3.8) is 0 Å². The van der Waals surface area contributed by atoms with Crippen LogP contribution in [0.25, 0.3) is 11.0 Å². The number of fused-ring (bicyclic) bond motifs is 1. The highest BCUT2D eigenvalue weighted by Gasteiger charge is 2.23. The van der Waals surface area contributed by atoms with Crippen LogP contribution < -0.4 is 0 Å². The van der Waals surface area contributed by atoms with Crippen LogP contribution >= 0.6 is 0 Å². The van der Waals surface area contributed by atoms with Crippen molar-refractivity contribution in [2.75, 3.05) is 19.6 Å². The van der Waals surface area contributed by atoms with E-state index in [1.54, 1.807) is 0 Å². The number of nitrogens with zero attached hydrogens (tertiary/aromatic N) is 2. The maximum absolute atomic E-state index is 10.0. The Kier molecular flexibility index (Phi) is 4.79. The summed E-state index contributed by atoms with van der Waals surface area (Å²) in [6, 6.07) is 8.22. The number of H-pyrrole nitrogens is 1. The molecule has 1 aliphatic rings. The zero-order chi connectivity index (χ0) is 15.5. The Morgan fingerprint density at radius 3 is 2.68 bits per heavy atom. The van der Waals surface area contributed by atoms with Crippen molar-refractivity contribution in [1.29, 1.82) is 0 Å². The van der Waals surface area contributed by atoms with Crippen LogP contribution in [-0.2, 0) is 6.42 Å². The van der Waals surface area contributed by atoms with E-state index in [9.17, 15) is 5.11 Å². The molecule has 0 bridgehead atoms. The number of likely N-dealkylation sites (tertiary alicyclic amines) is 1. The van der Waals surface area contributed by atoms with Gasteiger partial charge in [0.15, 0.2) is 0 Å². The molecule has 1 saturated heterocycles. The number of aromatic nitrogens is 2. The first-order valence-corrected chi connectivity index (χ1v) is 8.46. The third-order valence-electron chi connectivity index (χ3n) is 4.84. The van der Waals surface area contributed by atoms with Gasteiger partial charge in [-0.15, -0.1) is 0 Å². The van der Waals surface area contributed by atoms with Crippen LogP contribution in [0.2, 0.25) is 0 Å². The van der Waals surface area contributed by atoms with Gasteiger partial charge in [0.2, 0.25) is 0 Å². The number of para-hydroxylation sites is 2. The summed E-state index contributed by atoms with van der Waals surface area (Å²) in [6.45, 7) is 7.16. The van der Waals surface area contributed by atoms with Crippen LogP contribution in [0.5, 0.6) is 0 Å². The first-order valence-electron chi connectivity index (χ1n) is 8.46. The van der Waals surface area contributed by atoms with Crippen molar-refractivity contribution in [1.82, 2.24) is 14.9 Å². The van der Waals surface area contributed by atoms with Gasteiger partial charge in [0.05, 0.1) is 17.1 Å². The summed E-state index contributed by atoms with van der Waals surface area (Å²) in [5.41, 5.74) is 2.20. The smallest absolute Gasteiger partial charge is 0.107 e. The van der Waals surface area contributed by atoms with E-state index in [1.165, 1.54) is 12.8 Å². The fraction of sp³-hybridized carbons (Fsp3) is 0.611. The highest BCUT2D eigenvalue weighted by molar-refractivity contribution is 5.74. The summed E-state index contributed by atoms with van der Waals surface area (Å²) in [5.74, 6) is 2.16. The van der Waals surface area contributed by atoms with Gasteiger partial charge >= 0.3 is 0 Å². The van der Waals surface area contributed by atoms with Crippen molar-refractivity contribution in [3.8, 4) is 0 Å². The third-order valence-corrected chi connectivity index (χ3v) is 4.84. The molecule has 0 amide bonds. The summed E-state index contributed by atoms with van der Waals surface area (Å²) in [5, 5.41) is 10.0. The number of imidazole rings is 1. The molecule has 1 atom stereocenters. The molecule has 22 heavy (non-hydrogen) atoms. The van der Waals surface area contributed by atoms with Gasteiger partial charge in [-0.1, -0.05) is 26.0 Å². The van der Waals surface area contributed by atoms with E-state index < -0.39 is 0 Å². The summed E-state index contributed by atoms with van der Waals surface area (Å²) in [4.78, 5) is 10.5. The lowest BCUT2D eigenvalue weighted by Crippen LogP contribution is -2.40. The lowest BCUT2D eigenvalue weighted by atomic mass is 9.92. The first-order chi connectivity index (χ1) is 10.6. The molecule has 120 valence electrons. The van der Waals surface area contributed by atoms with Gasteiger partial charge in [0.25, 0.3) is 0 Å². The molecule has 0 spiro atoms. The molecule has 4 heteroatoms. The second-order valence-corrected chi connectivity index (χ2v) is 6.96. The van der Waals surface area contributed by atoms with Gasteiger partial charge in [-0.3, -0.25) is 0 Å². The van der Waals surface area contributed by atoms with E-state index in [0.29, 0.717) is 11.8 Å². The summed E-state index contributed by atoms with van der Waals surface area (Å²) in [7, 11) is 0. The maximum Gasteiger partial charge on any atom is 0.107 e. The van der Waals surface area contributed by atoms with Crippen molar-refractivity contribution in [2.24, 2.45) is 11.8 Å². The topological polar surface area (TPSA) is 52.1 Å². The van der Waals surface area contributed by atoms with E-state index >= 15 is 0 Å². The number of aliphatic hydroxyl groups excluding tert-OH is 1. The van der Waals surface area contributed by atoms with Gasteiger partial charge in [-0.2, -0.15) is 0 Å². The summed E-state index contributed by atoms with van der Waals surface area (Å²) in [6.07, 6.45) is 3.23. The Bertz CT molecular complexity index is 566. The molecule has 1 aromatic carbocycles.